The van der Waals surface area contributed by atoms with Crippen LogP contribution in [-0.2, 0) is 0 Å². The second kappa shape index (κ2) is 7.07. The summed E-state index contributed by atoms with van der Waals surface area (Å²) >= 11 is 0. The fourth-order valence-electron chi connectivity index (χ4n) is 2.54. The standard InChI is InChI=1S/C18H23N5/c1-12(19)10-17(21-4)18-13(2)16(11-22-18)14(3)23(20)15-8-6-5-7-9-15/h5-9,11,13H,1,3,10,19-20H2,2,4H3. The first-order valence-corrected chi connectivity index (χ1v) is 7.41. The van der Waals surface area contributed by atoms with Gasteiger partial charge in [-0.3, -0.25) is 15.0 Å². The zero-order chi connectivity index (χ0) is 17.0. The SMILES string of the molecule is C=C(N)CC(=NC)C1=NC=C(C(=C)N(N)c2ccccc2)C1C. The van der Waals surface area contributed by atoms with Gasteiger partial charge in [-0.1, -0.05) is 38.3 Å². The van der Waals surface area contributed by atoms with Gasteiger partial charge in [-0.05, 0) is 12.1 Å². The zero-order valence-electron chi connectivity index (χ0n) is 13.7. The summed E-state index contributed by atoms with van der Waals surface area (Å²) in [5.41, 5.74) is 10.6. The highest BCUT2D eigenvalue weighted by molar-refractivity contribution is 6.44. The van der Waals surface area contributed by atoms with E-state index in [0.717, 1.165) is 22.7 Å². The molecular formula is C18H23N5. The molecule has 120 valence electrons. The van der Waals surface area contributed by atoms with Crippen LogP contribution in [-0.4, -0.2) is 18.5 Å². The Labute approximate surface area is 137 Å². The average Bonchev–Trinajstić information content (AvgIpc) is 2.93. The molecule has 5 heteroatoms. The van der Waals surface area contributed by atoms with Crippen LogP contribution in [0.2, 0.25) is 0 Å². The first kappa shape index (κ1) is 16.7. The summed E-state index contributed by atoms with van der Waals surface area (Å²) in [6.07, 6.45) is 2.31. The van der Waals surface area contributed by atoms with Crippen LogP contribution in [0.5, 0.6) is 0 Å². The minimum absolute atomic E-state index is 0.0512. The van der Waals surface area contributed by atoms with Crippen molar-refractivity contribution in [1.29, 1.82) is 0 Å². The second-order valence-electron chi connectivity index (χ2n) is 5.48. The molecule has 1 aromatic carbocycles. The lowest BCUT2D eigenvalue weighted by Crippen LogP contribution is -2.32. The van der Waals surface area contributed by atoms with Crippen LogP contribution in [0.4, 0.5) is 5.69 Å². The van der Waals surface area contributed by atoms with Crippen LogP contribution in [0.15, 0.2) is 76.6 Å². The minimum atomic E-state index is 0.0512. The molecule has 1 aromatic rings. The molecule has 23 heavy (non-hydrogen) atoms. The number of nitrogens with zero attached hydrogens (tertiary/aromatic N) is 3. The lowest BCUT2D eigenvalue weighted by molar-refractivity contribution is 0.900. The van der Waals surface area contributed by atoms with Gasteiger partial charge in [0.1, 0.15) is 0 Å². The van der Waals surface area contributed by atoms with Crippen molar-refractivity contribution < 1.29 is 0 Å². The van der Waals surface area contributed by atoms with Gasteiger partial charge in [0, 0.05) is 36.9 Å². The Bertz CT molecular complexity index is 697. The van der Waals surface area contributed by atoms with Gasteiger partial charge < -0.3 is 5.73 Å². The summed E-state index contributed by atoms with van der Waals surface area (Å²) < 4.78 is 0. The highest BCUT2D eigenvalue weighted by Gasteiger charge is 2.27. The van der Waals surface area contributed by atoms with Crippen LogP contribution in [0.25, 0.3) is 0 Å². The topological polar surface area (TPSA) is 80.0 Å². The maximum atomic E-state index is 6.19. The molecule has 0 radical (unpaired) electrons. The Balaban J connectivity index is 2.15. The van der Waals surface area contributed by atoms with E-state index in [1.54, 1.807) is 18.3 Å². The van der Waals surface area contributed by atoms with Crippen molar-refractivity contribution in [1.82, 2.24) is 0 Å². The van der Waals surface area contributed by atoms with Gasteiger partial charge >= 0.3 is 0 Å². The molecule has 0 bridgehead atoms. The average molecular weight is 309 g/mol. The quantitative estimate of drug-likeness (QED) is 0.482. The third-order valence-electron chi connectivity index (χ3n) is 3.84. The number of nitrogens with two attached hydrogens (primary N) is 2. The third kappa shape index (κ3) is 3.57. The van der Waals surface area contributed by atoms with Crippen LogP contribution in [0.3, 0.4) is 0 Å². The molecule has 1 aliphatic rings. The molecule has 0 aromatic heterocycles. The maximum Gasteiger partial charge on any atom is 0.0690 e. The molecule has 1 unspecified atom stereocenters. The number of para-hydroxylation sites is 1. The van der Waals surface area contributed by atoms with Gasteiger partial charge in [0.05, 0.1) is 22.8 Å². The number of hydrogen-bond acceptors (Lipinski definition) is 5. The zero-order valence-corrected chi connectivity index (χ0v) is 13.7. The summed E-state index contributed by atoms with van der Waals surface area (Å²) in [6, 6.07) is 9.69. The van der Waals surface area contributed by atoms with Crippen LogP contribution < -0.4 is 16.6 Å². The molecular weight excluding hydrogens is 286 g/mol. The summed E-state index contributed by atoms with van der Waals surface area (Å²) in [7, 11) is 1.74. The first-order chi connectivity index (χ1) is 11.0. The van der Waals surface area contributed by atoms with Gasteiger partial charge in [0.25, 0.3) is 0 Å². The molecule has 0 fully saturated rings. The van der Waals surface area contributed by atoms with E-state index >= 15 is 0 Å². The highest BCUT2D eigenvalue weighted by Crippen LogP contribution is 2.30. The van der Waals surface area contributed by atoms with E-state index in [1.807, 2.05) is 30.3 Å². The number of anilines is 1. The number of aliphatic imine (C=N–C) groups is 2. The van der Waals surface area contributed by atoms with Gasteiger partial charge in [-0.2, -0.15) is 0 Å². The Hall–Kier alpha value is -2.66. The first-order valence-electron chi connectivity index (χ1n) is 7.41. The molecule has 0 saturated heterocycles. The van der Waals surface area contributed by atoms with Crippen LogP contribution in [0, 0.1) is 5.92 Å². The summed E-state index contributed by atoms with van der Waals surface area (Å²) in [5, 5.41) is 1.57. The number of hydrogen-bond donors (Lipinski definition) is 2. The summed E-state index contributed by atoms with van der Waals surface area (Å²) in [4.78, 5) is 8.80. The molecule has 1 aliphatic heterocycles. The lowest BCUT2D eigenvalue weighted by Gasteiger charge is -2.24. The van der Waals surface area contributed by atoms with E-state index in [4.69, 9.17) is 11.6 Å². The Morgan fingerprint density at radius 3 is 2.52 bits per heavy atom. The van der Waals surface area contributed by atoms with Crippen molar-refractivity contribution in [3.63, 3.8) is 0 Å². The molecule has 0 amide bonds. The predicted molar refractivity (Wildman–Crippen MR) is 98.2 cm³/mol. The van der Waals surface area contributed by atoms with Gasteiger partial charge in [-0.15, -0.1) is 0 Å². The minimum Gasteiger partial charge on any atom is -0.402 e. The molecule has 1 heterocycles. The molecule has 0 saturated carbocycles. The lowest BCUT2D eigenvalue weighted by atomic mass is 9.92. The van der Waals surface area contributed by atoms with E-state index in [2.05, 4.69) is 30.1 Å². The maximum absolute atomic E-state index is 6.19. The monoisotopic (exact) mass is 309 g/mol. The van der Waals surface area contributed by atoms with E-state index in [1.165, 1.54) is 0 Å². The number of benzene rings is 1. The van der Waals surface area contributed by atoms with Gasteiger partial charge in [0.15, 0.2) is 0 Å². The summed E-state index contributed by atoms with van der Waals surface area (Å²) in [5.74, 6) is 6.24. The smallest absolute Gasteiger partial charge is 0.0690 e. The predicted octanol–water partition coefficient (Wildman–Crippen LogP) is 2.79. The van der Waals surface area contributed by atoms with Crippen LogP contribution >= 0.6 is 0 Å². The van der Waals surface area contributed by atoms with E-state index in [9.17, 15) is 0 Å². The van der Waals surface area contributed by atoms with Gasteiger partial charge in [-0.25, -0.2) is 5.84 Å². The van der Waals surface area contributed by atoms with E-state index in [-0.39, 0.29) is 5.92 Å². The van der Waals surface area contributed by atoms with Crippen molar-refractivity contribution >= 4 is 17.1 Å². The fourth-order valence-corrected chi connectivity index (χ4v) is 2.54. The Morgan fingerprint density at radius 2 is 1.96 bits per heavy atom. The molecule has 0 spiro atoms. The fraction of sp³-hybridized carbons (Fsp3) is 0.222. The van der Waals surface area contributed by atoms with Crippen molar-refractivity contribution in [3.8, 4) is 0 Å². The third-order valence-corrected chi connectivity index (χ3v) is 3.84. The largest absolute Gasteiger partial charge is 0.402 e. The van der Waals surface area contributed by atoms with Gasteiger partial charge in [0.2, 0.25) is 0 Å². The van der Waals surface area contributed by atoms with Crippen molar-refractivity contribution in [2.24, 2.45) is 27.5 Å². The number of allylic oxidation sites excluding steroid dienone is 2. The van der Waals surface area contributed by atoms with Crippen molar-refractivity contribution in [3.05, 3.63) is 66.7 Å². The van der Waals surface area contributed by atoms with Crippen LogP contribution in [0.1, 0.15) is 13.3 Å². The molecule has 4 N–H and O–H groups in total. The van der Waals surface area contributed by atoms with E-state index < -0.39 is 0 Å². The number of rotatable bonds is 6. The van der Waals surface area contributed by atoms with Crippen molar-refractivity contribution in [2.45, 2.75) is 13.3 Å². The molecule has 1 atom stereocenters. The normalized spacial score (nSPS) is 17.5. The Morgan fingerprint density at radius 1 is 1.30 bits per heavy atom. The molecule has 2 rings (SSSR count). The highest BCUT2D eigenvalue weighted by atomic mass is 15.4. The number of hydrazine groups is 1. The molecule has 5 nitrogen and oxygen atoms in total. The summed E-state index contributed by atoms with van der Waals surface area (Å²) in [6.45, 7) is 9.92. The van der Waals surface area contributed by atoms with Crippen molar-refractivity contribution in [2.75, 3.05) is 12.1 Å². The van der Waals surface area contributed by atoms with E-state index in [0.29, 0.717) is 17.8 Å². The molecule has 0 aliphatic carbocycles. The Kier molecular flexibility index (Phi) is 5.13. The second-order valence-corrected chi connectivity index (χ2v) is 5.48.